The molecule has 9 heteroatoms. The van der Waals surface area contributed by atoms with Crippen molar-refractivity contribution in [3.8, 4) is 6.07 Å². The van der Waals surface area contributed by atoms with Crippen LogP contribution in [0.5, 0.6) is 0 Å². The van der Waals surface area contributed by atoms with Gasteiger partial charge in [0.25, 0.3) is 0 Å². The third kappa shape index (κ3) is 4.93. The van der Waals surface area contributed by atoms with Crippen LogP contribution in [0.1, 0.15) is 32.0 Å². The average molecular weight is 439 g/mol. The molecule has 1 aromatic carbocycles. The normalized spacial score (nSPS) is 24.8. The summed E-state index contributed by atoms with van der Waals surface area (Å²) in [7, 11) is 0. The molecule has 0 radical (unpaired) electrons. The largest absolute Gasteiger partial charge is 0.371 e. The molecule has 0 saturated carbocycles. The van der Waals surface area contributed by atoms with Crippen LogP contribution in [0.4, 0.5) is 11.6 Å². The monoisotopic (exact) mass is 438 g/mol. The Kier molecular flexibility index (Phi) is 6.05. The van der Waals surface area contributed by atoms with Crippen molar-refractivity contribution in [2.75, 3.05) is 23.8 Å². The lowest BCUT2D eigenvalue weighted by atomic mass is 9.92. The van der Waals surface area contributed by atoms with Gasteiger partial charge in [-0.25, -0.2) is 9.97 Å². The van der Waals surface area contributed by atoms with Crippen molar-refractivity contribution in [2.24, 2.45) is 0 Å². The Morgan fingerprint density at radius 1 is 1.16 bits per heavy atom. The van der Waals surface area contributed by atoms with E-state index >= 15 is 0 Å². The van der Waals surface area contributed by atoms with Crippen LogP contribution in [0.2, 0.25) is 0 Å². The summed E-state index contributed by atoms with van der Waals surface area (Å²) in [6.07, 6.45) is 1.52. The van der Waals surface area contributed by atoms with Gasteiger partial charge in [-0.3, -0.25) is 0 Å². The van der Waals surface area contributed by atoms with Crippen LogP contribution in [-0.2, 0) is 14.9 Å². The first kappa shape index (κ1) is 21.4. The van der Waals surface area contributed by atoms with Crippen LogP contribution >= 0.6 is 12.2 Å². The molecular formula is C22H26N6O2S. The molecule has 8 nitrogen and oxygen atoms in total. The van der Waals surface area contributed by atoms with Gasteiger partial charge in [-0.15, -0.1) is 0 Å². The van der Waals surface area contributed by atoms with Gasteiger partial charge in [-0.1, -0.05) is 26.8 Å². The number of fused-ring (bicyclic) bond motifs is 1. The number of nitriles is 1. The minimum Gasteiger partial charge on any atom is -0.371 e. The van der Waals surface area contributed by atoms with Crippen LogP contribution < -0.4 is 16.0 Å². The summed E-state index contributed by atoms with van der Waals surface area (Å²) in [5, 5.41) is 19.3. The number of ether oxygens (including phenoxy) is 2. The molecule has 2 aliphatic heterocycles. The highest BCUT2D eigenvalue weighted by molar-refractivity contribution is 7.80. The molecule has 1 aromatic heterocycles. The Morgan fingerprint density at radius 3 is 2.65 bits per heavy atom. The maximum Gasteiger partial charge on any atom is 0.223 e. The Labute approximate surface area is 187 Å². The summed E-state index contributed by atoms with van der Waals surface area (Å²) < 4.78 is 12.0. The molecular weight excluding hydrogens is 412 g/mol. The Morgan fingerprint density at radius 2 is 1.90 bits per heavy atom. The first-order chi connectivity index (χ1) is 14.8. The first-order valence-electron chi connectivity index (χ1n) is 10.2. The fourth-order valence-corrected chi connectivity index (χ4v) is 4.03. The first-order valence-corrected chi connectivity index (χ1v) is 10.7. The second-order valence-electron chi connectivity index (χ2n) is 8.76. The fourth-order valence-electron chi connectivity index (χ4n) is 3.76. The van der Waals surface area contributed by atoms with Crippen molar-refractivity contribution >= 4 is 29.0 Å². The SMILES string of the molecule is CC(C)(C)c1ccnc(N[C@@H]2CO[C@@H]3[C@@H]2OC[C@@H]3NC(=S)Nc2cccc(C#N)c2)n1. The number of aromatic nitrogens is 2. The number of thiocarbonyl (C=S) groups is 1. The van der Waals surface area contributed by atoms with E-state index in [0.29, 0.717) is 29.8 Å². The van der Waals surface area contributed by atoms with Gasteiger partial charge in [0.15, 0.2) is 5.11 Å². The fraction of sp³-hybridized carbons (Fsp3) is 0.455. The quantitative estimate of drug-likeness (QED) is 0.621. The van der Waals surface area contributed by atoms with Crippen molar-refractivity contribution < 1.29 is 9.47 Å². The van der Waals surface area contributed by atoms with Gasteiger partial charge < -0.3 is 25.4 Å². The minimum absolute atomic E-state index is 0.0409. The molecule has 2 aliphatic rings. The van der Waals surface area contributed by atoms with Crippen molar-refractivity contribution in [3.05, 3.63) is 47.8 Å². The number of nitrogens with zero attached hydrogens (tertiary/aromatic N) is 3. The van der Waals surface area contributed by atoms with E-state index < -0.39 is 0 Å². The van der Waals surface area contributed by atoms with Crippen LogP contribution in [0.25, 0.3) is 0 Å². The molecule has 3 N–H and O–H groups in total. The van der Waals surface area contributed by atoms with Crippen molar-refractivity contribution in [1.82, 2.24) is 15.3 Å². The molecule has 0 unspecified atom stereocenters. The van der Waals surface area contributed by atoms with Gasteiger partial charge in [0.1, 0.15) is 12.2 Å². The zero-order chi connectivity index (χ0) is 22.0. The lowest BCUT2D eigenvalue weighted by molar-refractivity contribution is 0.0689. The van der Waals surface area contributed by atoms with E-state index in [0.717, 1.165) is 11.4 Å². The summed E-state index contributed by atoms with van der Waals surface area (Å²) in [5.41, 5.74) is 2.25. The Balaban J connectivity index is 1.35. The number of hydrogen-bond donors (Lipinski definition) is 3. The van der Waals surface area contributed by atoms with Gasteiger partial charge in [0.2, 0.25) is 5.95 Å². The van der Waals surface area contributed by atoms with E-state index in [1.165, 1.54) is 0 Å². The number of benzene rings is 1. The van der Waals surface area contributed by atoms with Crippen molar-refractivity contribution in [2.45, 2.75) is 50.5 Å². The lowest BCUT2D eigenvalue weighted by Crippen LogP contribution is -2.46. The number of hydrogen-bond acceptors (Lipinski definition) is 7. The van der Waals surface area contributed by atoms with E-state index in [4.69, 9.17) is 27.0 Å². The molecule has 2 aromatic rings. The van der Waals surface area contributed by atoms with Gasteiger partial charge in [0, 0.05) is 17.3 Å². The summed E-state index contributed by atoms with van der Waals surface area (Å²) in [4.78, 5) is 9.00. The van der Waals surface area contributed by atoms with Gasteiger partial charge in [-0.05, 0) is 36.5 Å². The predicted molar refractivity (Wildman–Crippen MR) is 122 cm³/mol. The second-order valence-corrected chi connectivity index (χ2v) is 9.17. The van der Waals surface area contributed by atoms with Crippen LogP contribution in [0.3, 0.4) is 0 Å². The van der Waals surface area contributed by atoms with Crippen LogP contribution in [-0.4, -0.2) is 52.6 Å². The number of nitrogens with one attached hydrogen (secondary N) is 3. The molecule has 0 aliphatic carbocycles. The third-order valence-corrected chi connectivity index (χ3v) is 5.58. The van der Waals surface area contributed by atoms with Crippen LogP contribution in [0.15, 0.2) is 36.5 Å². The molecule has 0 bridgehead atoms. The van der Waals surface area contributed by atoms with E-state index in [9.17, 15) is 0 Å². The molecule has 2 saturated heterocycles. The minimum atomic E-state index is -0.131. The summed E-state index contributed by atoms with van der Waals surface area (Å²) in [6, 6.07) is 11.1. The van der Waals surface area contributed by atoms with Gasteiger partial charge >= 0.3 is 0 Å². The van der Waals surface area contributed by atoms with Crippen molar-refractivity contribution in [3.63, 3.8) is 0 Å². The zero-order valence-electron chi connectivity index (χ0n) is 17.8. The average Bonchev–Trinajstić information content (AvgIpc) is 3.31. The topological polar surface area (TPSA) is 104 Å². The molecule has 31 heavy (non-hydrogen) atoms. The predicted octanol–water partition coefficient (Wildman–Crippen LogP) is 2.58. The van der Waals surface area contributed by atoms with E-state index in [1.807, 2.05) is 18.2 Å². The summed E-state index contributed by atoms with van der Waals surface area (Å²) in [5.74, 6) is 0.580. The molecule has 2 fully saturated rings. The van der Waals surface area contributed by atoms with E-state index in [1.54, 1.807) is 18.3 Å². The van der Waals surface area contributed by atoms with E-state index in [-0.39, 0.29) is 29.7 Å². The Bertz CT molecular complexity index is 1000. The van der Waals surface area contributed by atoms with Crippen molar-refractivity contribution in [1.29, 1.82) is 5.26 Å². The second kappa shape index (κ2) is 8.75. The Hall–Kier alpha value is -2.80. The van der Waals surface area contributed by atoms with Gasteiger partial charge in [-0.2, -0.15) is 5.26 Å². The number of anilines is 2. The molecule has 0 amide bonds. The summed E-state index contributed by atoms with van der Waals surface area (Å²) in [6.45, 7) is 7.35. The molecule has 0 spiro atoms. The van der Waals surface area contributed by atoms with E-state index in [2.05, 4.69) is 52.8 Å². The maximum absolute atomic E-state index is 9.04. The molecule has 4 rings (SSSR count). The third-order valence-electron chi connectivity index (χ3n) is 5.36. The summed E-state index contributed by atoms with van der Waals surface area (Å²) >= 11 is 5.44. The highest BCUT2D eigenvalue weighted by atomic mass is 32.1. The van der Waals surface area contributed by atoms with Crippen LogP contribution in [0, 0.1) is 11.3 Å². The molecule has 3 heterocycles. The highest BCUT2D eigenvalue weighted by Crippen LogP contribution is 2.29. The van der Waals surface area contributed by atoms with Gasteiger partial charge in [0.05, 0.1) is 42.6 Å². The lowest BCUT2D eigenvalue weighted by Gasteiger charge is -2.21. The number of rotatable bonds is 4. The molecule has 162 valence electrons. The maximum atomic E-state index is 9.04. The molecule has 4 atom stereocenters. The highest BCUT2D eigenvalue weighted by Gasteiger charge is 2.48. The zero-order valence-corrected chi connectivity index (χ0v) is 18.6. The standard InChI is InChI=1S/C22H26N6O2S/c1-22(2,3)17-7-8-24-20(28-17)26-15-11-29-19-16(12-30-18(15)19)27-21(31)25-14-6-4-5-13(9-14)10-23/h4-9,15-16,18-19H,11-12H2,1-3H3,(H,24,26,28)(H2,25,27,31)/t15-,16+,18-,19+/m1/s1. The smallest absolute Gasteiger partial charge is 0.223 e.